The number of aromatic nitrogens is 1. The van der Waals surface area contributed by atoms with E-state index in [1.165, 1.54) is 36.5 Å². The lowest BCUT2D eigenvalue weighted by atomic mass is 10.1. The van der Waals surface area contributed by atoms with Gasteiger partial charge in [-0.25, -0.2) is 4.98 Å². The molecule has 1 saturated carbocycles. The Kier molecular flexibility index (Phi) is 6.76. The SMILES string of the molecule is O=C(Nc1cccnc1F)c1cc(NC(=O)[C@H]2[C@H](c3cc(Cl)cc(Cl)c3)C2(Cl)Cl)ccc1Cl. The van der Waals surface area contributed by atoms with Crippen molar-refractivity contribution in [2.45, 2.75) is 10.3 Å². The number of rotatable bonds is 5. The van der Waals surface area contributed by atoms with Gasteiger partial charge in [0, 0.05) is 27.8 Å². The number of anilines is 2. The van der Waals surface area contributed by atoms with Crippen LogP contribution < -0.4 is 10.6 Å². The van der Waals surface area contributed by atoms with Crippen molar-refractivity contribution in [3.63, 3.8) is 0 Å². The second-order valence-corrected chi connectivity index (χ2v) is 10.0. The maximum Gasteiger partial charge on any atom is 0.257 e. The van der Waals surface area contributed by atoms with E-state index < -0.39 is 33.9 Å². The molecule has 1 aromatic heterocycles. The zero-order valence-corrected chi connectivity index (χ0v) is 20.2. The van der Waals surface area contributed by atoms with Crippen molar-refractivity contribution >= 4 is 81.2 Å². The summed E-state index contributed by atoms with van der Waals surface area (Å²) >= 11 is 31.0. The normalized spacial score (nSPS) is 18.5. The molecule has 5 nitrogen and oxygen atoms in total. The molecule has 3 aromatic rings. The lowest BCUT2D eigenvalue weighted by molar-refractivity contribution is -0.117. The average molecular weight is 548 g/mol. The second-order valence-electron chi connectivity index (χ2n) is 7.31. The first kappa shape index (κ1) is 24.0. The number of pyridine rings is 1. The Hall–Kier alpha value is -2.09. The van der Waals surface area contributed by atoms with Crippen molar-refractivity contribution in [1.29, 1.82) is 0 Å². The van der Waals surface area contributed by atoms with Crippen LogP contribution in [0.25, 0.3) is 0 Å². The van der Waals surface area contributed by atoms with Gasteiger partial charge in [-0.2, -0.15) is 4.39 Å². The van der Waals surface area contributed by atoms with Gasteiger partial charge < -0.3 is 10.6 Å². The van der Waals surface area contributed by atoms with Gasteiger partial charge in [0.25, 0.3) is 5.91 Å². The van der Waals surface area contributed by atoms with Crippen molar-refractivity contribution in [2.75, 3.05) is 10.6 Å². The van der Waals surface area contributed by atoms with E-state index in [0.717, 1.165) is 0 Å². The highest BCUT2D eigenvalue weighted by Crippen LogP contribution is 2.65. The number of nitrogens with zero attached hydrogens (tertiary/aromatic N) is 1. The van der Waals surface area contributed by atoms with Crippen molar-refractivity contribution in [3.05, 3.63) is 86.9 Å². The largest absolute Gasteiger partial charge is 0.326 e. The summed E-state index contributed by atoms with van der Waals surface area (Å²) in [6.45, 7) is 0. The highest BCUT2D eigenvalue weighted by atomic mass is 35.5. The summed E-state index contributed by atoms with van der Waals surface area (Å²) in [5, 5.41) is 5.98. The Morgan fingerprint density at radius 3 is 2.33 bits per heavy atom. The number of amides is 2. The van der Waals surface area contributed by atoms with Gasteiger partial charge in [-0.1, -0.05) is 34.8 Å². The summed E-state index contributed by atoms with van der Waals surface area (Å²) in [6, 6.07) is 12.0. The van der Waals surface area contributed by atoms with Crippen molar-refractivity contribution in [1.82, 2.24) is 4.98 Å². The van der Waals surface area contributed by atoms with E-state index >= 15 is 0 Å². The molecule has 11 heteroatoms. The molecule has 1 heterocycles. The minimum Gasteiger partial charge on any atom is -0.326 e. The highest BCUT2D eigenvalue weighted by Gasteiger charge is 2.67. The first-order valence-electron chi connectivity index (χ1n) is 9.44. The molecule has 0 bridgehead atoms. The van der Waals surface area contributed by atoms with E-state index in [-0.39, 0.29) is 22.0 Å². The Morgan fingerprint density at radius 2 is 1.67 bits per heavy atom. The van der Waals surface area contributed by atoms with Crippen LogP contribution in [0.5, 0.6) is 0 Å². The van der Waals surface area contributed by atoms with Crippen LogP contribution in [0.2, 0.25) is 15.1 Å². The predicted octanol–water partition coefficient (Wildman–Crippen LogP) is 6.96. The molecular formula is C22H13Cl5FN3O2. The van der Waals surface area contributed by atoms with Gasteiger partial charge in [-0.15, -0.1) is 23.2 Å². The Bertz CT molecular complexity index is 1250. The summed E-state index contributed by atoms with van der Waals surface area (Å²) in [6.07, 6.45) is 1.25. The maximum absolute atomic E-state index is 13.8. The van der Waals surface area contributed by atoms with E-state index in [1.54, 1.807) is 18.2 Å². The van der Waals surface area contributed by atoms with Gasteiger partial charge >= 0.3 is 0 Å². The molecule has 0 unspecified atom stereocenters. The summed E-state index contributed by atoms with van der Waals surface area (Å²) in [5.41, 5.74) is 0.824. The molecule has 1 fully saturated rings. The highest BCUT2D eigenvalue weighted by molar-refractivity contribution is 6.53. The van der Waals surface area contributed by atoms with Gasteiger partial charge in [0.2, 0.25) is 11.9 Å². The monoisotopic (exact) mass is 545 g/mol. The van der Waals surface area contributed by atoms with Crippen LogP contribution in [0, 0.1) is 11.9 Å². The molecule has 170 valence electrons. The molecule has 1 aliphatic carbocycles. The number of hydrogen-bond acceptors (Lipinski definition) is 3. The van der Waals surface area contributed by atoms with Crippen LogP contribution in [0.3, 0.4) is 0 Å². The summed E-state index contributed by atoms with van der Waals surface area (Å²) < 4.78 is 12.4. The molecular weight excluding hydrogens is 535 g/mol. The number of hydrogen-bond donors (Lipinski definition) is 2. The third-order valence-corrected chi connectivity index (χ3v) is 6.77. The summed E-state index contributed by atoms with van der Waals surface area (Å²) in [5.74, 6) is -3.29. The van der Waals surface area contributed by atoms with Crippen LogP contribution in [-0.2, 0) is 4.79 Å². The number of carbonyl (C=O) groups excluding carboxylic acids is 2. The van der Waals surface area contributed by atoms with E-state index in [0.29, 0.717) is 15.6 Å². The average Bonchev–Trinajstić information content (AvgIpc) is 3.32. The lowest BCUT2D eigenvalue weighted by Crippen LogP contribution is -2.18. The summed E-state index contributed by atoms with van der Waals surface area (Å²) in [7, 11) is 0. The minimum absolute atomic E-state index is 0.0229. The van der Waals surface area contributed by atoms with Crippen molar-refractivity contribution in [3.8, 4) is 0 Å². The number of nitrogens with one attached hydrogen (secondary N) is 2. The van der Waals surface area contributed by atoms with E-state index in [2.05, 4.69) is 15.6 Å². The number of alkyl halides is 2. The number of carbonyl (C=O) groups is 2. The Balaban J connectivity index is 1.52. The first-order chi connectivity index (χ1) is 15.6. The topological polar surface area (TPSA) is 71.1 Å². The third-order valence-electron chi connectivity index (χ3n) is 5.07. The molecule has 1 aliphatic rings. The van der Waals surface area contributed by atoms with Gasteiger partial charge in [0.15, 0.2) is 0 Å². The van der Waals surface area contributed by atoms with Gasteiger partial charge in [0.1, 0.15) is 4.33 Å². The Morgan fingerprint density at radius 1 is 0.970 bits per heavy atom. The molecule has 4 rings (SSSR count). The molecule has 0 saturated heterocycles. The molecule has 0 aliphatic heterocycles. The maximum atomic E-state index is 13.8. The van der Waals surface area contributed by atoms with Crippen LogP contribution in [0.4, 0.5) is 15.8 Å². The van der Waals surface area contributed by atoms with Gasteiger partial charge in [-0.05, 0) is 54.1 Å². The fraction of sp³-hybridized carbons (Fsp3) is 0.136. The van der Waals surface area contributed by atoms with Crippen molar-refractivity contribution < 1.29 is 14.0 Å². The first-order valence-corrected chi connectivity index (χ1v) is 11.3. The fourth-order valence-electron chi connectivity index (χ4n) is 3.49. The van der Waals surface area contributed by atoms with Gasteiger partial charge in [0.05, 0.1) is 22.2 Å². The van der Waals surface area contributed by atoms with Crippen LogP contribution in [0.1, 0.15) is 21.8 Å². The minimum atomic E-state index is -1.36. The number of benzene rings is 2. The van der Waals surface area contributed by atoms with Crippen LogP contribution in [0.15, 0.2) is 54.7 Å². The second kappa shape index (κ2) is 9.28. The molecule has 0 radical (unpaired) electrons. The molecule has 2 amide bonds. The van der Waals surface area contributed by atoms with Crippen LogP contribution >= 0.6 is 58.0 Å². The summed E-state index contributed by atoms with van der Waals surface area (Å²) in [4.78, 5) is 29.0. The number of halogens is 6. The van der Waals surface area contributed by atoms with Crippen molar-refractivity contribution in [2.24, 2.45) is 5.92 Å². The molecule has 2 N–H and O–H groups in total. The Labute approximate surface area is 213 Å². The predicted molar refractivity (Wildman–Crippen MR) is 129 cm³/mol. The fourth-order valence-corrected chi connectivity index (χ4v) is 5.06. The molecule has 2 atom stereocenters. The standard InChI is InChI=1S/C22H13Cl5FN3O2/c23-11-6-10(7-12(24)8-11)17-18(22(17,26)27)21(33)30-13-3-4-15(25)14(9-13)20(32)31-16-2-1-5-29-19(16)28/h1-9,17-18H,(H,30,33)(H,31,32)/t17-,18+/m0/s1. The quantitative estimate of drug-likeness (QED) is 0.268. The molecule has 2 aromatic carbocycles. The zero-order chi connectivity index (χ0) is 23.9. The zero-order valence-electron chi connectivity index (χ0n) is 16.4. The van der Waals surface area contributed by atoms with E-state index in [1.807, 2.05) is 0 Å². The lowest BCUT2D eigenvalue weighted by Gasteiger charge is -2.10. The van der Waals surface area contributed by atoms with E-state index in [9.17, 15) is 14.0 Å². The third kappa shape index (κ3) is 5.05. The smallest absolute Gasteiger partial charge is 0.257 e. The molecule has 33 heavy (non-hydrogen) atoms. The molecule has 0 spiro atoms. The van der Waals surface area contributed by atoms with E-state index in [4.69, 9.17) is 58.0 Å². The van der Waals surface area contributed by atoms with Gasteiger partial charge in [-0.3, -0.25) is 9.59 Å². The van der Waals surface area contributed by atoms with Crippen LogP contribution in [-0.4, -0.2) is 21.1 Å².